The van der Waals surface area contributed by atoms with E-state index in [1.54, 1.807) is 11.5 Å². The number of ether oxygens (including phenoxy) is 2. The molecule has 9 rings (SSSR count). The number of thioether (sulfide) groups is 2. The number of carbonyl (C=O) groups is 4. The first-order valence-electron chi connectivity index (χ1n) is 20.7. The number of aromatic nitrogens is 1. The molecule has 4 heterocycles. The molecular formula is C50H41N5O7S3. The Morgan fingerprint density at radius 3 is 1.92 bits per heavy atom. The molecule has 2 amide bonds. The molecule has 0 aliphatic carbocycles. The van der Waals surface area contributed by atoms with Crippen LogP contribution >= 0.6 is 34.9 Å². The van der Waals surface area contributed by atoms with Crippen molar-refractivity contribution in [3.05, 3.63) is 213 Å². The van der Waals surface area contributed by atoms with Crippen LogP contribution in [0, 0.1) is 0 Å². The van der Waals surface area contributed by atoms with Crippen LogP contribution in [0.4, 0.5) is 5.13 Å². The number of hydrogen-bond acceptors (Lipinski definition) is 13. The van der Waals surface area contributed by atoms with Crippen LogP contribution in [0.1, 0.15) is 39.6 Å². The summed E-state index contributed by atoms with van der Waals surface area (Å²) >= 11 is 3.97. The molecule has 3 aliphatic heterocycles. The van der Waals surface area contributed by atoms with Crippen LogP contribution in [0.25, 0.3) is 0 Å². The van der Waals surface area contributed by atoms with Crippen molar-refractivity contribution in [2.24, 2.45) is 5.16 Å². The predicted molar refractivity (Wildman–Crippen MR) is 253 cm³/mol. The van der Waals surface area contributed by atoms with E-state index in [9.17, 15) is 19.2 Å². The number of thiazole rings is 1. The van der Waals surface area contributed by atoms with E-state index in [1.807, 2.05) is 115 Å². The van der Waals surface area contributed by atoms with E-state index in [1.165, 1.54) is 46.9 Å². The number of nitrogens with one attached hydrogen (secondary N) is 2. The normalized spacial score (nSPS) is 17.2. The maximum absolute atomic E-state index is 14.5. The van der Waals surface area contributed by atoms with Gasteiger partial charge in [0.1, 0.15) is 42.1 Å². The van der Waals surface area contributed by atoms with Gasteiger partial charge in [-0.1, -0.05) is 157 Å². The summed E-state index contributed by atoms with van der Waals surface area (Å²) in [4.78, 5) is 67.3. The van der Waals surface area contributed by atoms with Crippen molar-refractivity contribution in [2.45, 2.75) is 23.1 Å². The van der Waals surface area contributed by atoms with Gasteiger partial charge >= 0.3 is 11.9 Å². The van der Waals surface area contributed by atoms with Gasteiger partial charge in [0, 0.05) is 27.4 Å². The lowest BCUT2D eigenvalue weighted by atomic mass is 9.77. The van der Waals surface area contributed by atoms with E-state index >= 15 is 0 Å². The molecule has 326 valence electrons. The zero-order valence-electron chi connectivity index (χ0n) is 34.9. The van der Waals surface area contributed by atoms with Crippen LogP contribution in [0.2, 0.25) is 0 Å². The molecular weight excluding hydrogens is 879 g/mol. The Labute approximate surface area is 387 Å². The number of rotatable bonds is 16. The van der Waals surface area contributed by atoms with E-state index in [2.05, 4.69) is 52.2 Å². The second kappa shape index (κ2) is 19.4. The van der Waals surface area contributed by atoms with E-state index in [-0.39, 0.29) is 29.5 Å². The summed E-state index contributed by atoms with van der Waals surface area (Å²) in [5, 5.41) is 12.2. The summed E-state index contributed by atoms with van der Waals surface area (Å²) in [6.45, 7) is 0.185. The van der Waals surface area contributed by atoms with Gasteiger partial charge in [-0.25, -0.2) is 14.6 Å². The zero-order chi connectivity index (χ0) is 44.8. The largest absolute Gasteiger partial charge is 0.458 e. The van der Waals surface area contributed by atoms with Crippen LogP contribution in [-0.4, -0.2) is 76.0 Å². The second-order valence-electron chi connectivity index (χ2n) is 15.0. The molecule has 2 atom stereocenters. The molecule has 15 heteroatoms. The number of benzene rings is 5. The SMILES string of the molecule is CO/N=C(/C(=O)N[C@@H]1C(=O)N2C(C(=O)OC(c3ccccc3)c3ccccc3)=C(SCC3=CCOC3=O)CS[C@H]12)c1csc(NC(c2ccccc2)(c2ccccc2)c2ccccc2)n1. The fourth-order valence-corrected chi connectivity index (χ4v) is 11.4. The molecule has 5 aromatic carbocycles. The lowest BCUT2D eigenvalue weighted by molar-refractivity contribution is -0.154. The average molecular weight is 920 g/mol. The number of carbonyl (C=O) groups excluding carboxylic acids is 4. The molecule has 0 spiro atoms. The topological polar surface area (TPSA) is 149 Å². The molecule has 1 fully saturated rings. The predicted octanol–water partition coefficient (Wildman–Crippen LogP) is 8.06. The molecule has 1 saturated heterocycles. The minimum Gasteiger partial charge on any atom is -0.458 e. The van der Waals surface area contributed by atoms with Crippen molar-refractivity contribution >= 4 is 69.5 Å². The maximum atomic E-state index is 14.5. The smallest absolute Gasteiger partial charge is 0.356 e. The fraction of sp³-hybridized carbons (Fsp3) is 0.160. The first kappa shape index (κ1) is 43.3. The highest BCUT2D eigenvalue weighted by atomic mass is 32.2. The minimum atomic E-state index is -1.02. The molecule has 0 radical (unpaired) electrons. The van der Waals surface area contributed by atoms with Gasteiger partial charge in [0.25, 0.3) is 11.8 Å². The number of anilines is 1. The Hall–Kier alpha value is -6.94. The Bertz CT molecular complexity index is 2650. The minimum absolute atomic E-state index is 0.0674. The molecule has 2 N–H and O–H groups in total. The van der Waals surface area contributed by atoms with Crippen LogP contribution in [0.5, 0.6) is 0 Å². The first-order chi connectivity index (χ1) is 31.9. The maximum Gasteiger partial charge on any atom is 0.356 e. The van der Waals surface area contributed by atoms with E-state index < -0.39 is 46.8 Å². The third kappa shape index (κ3) is 8.82. The Morgan fingerprint density at radius 1 is 0.846 bits per heavy atom. The molecule has 12 nitrogen and oxygen atoms in total. The lowest BCUT2D eigenvalue weighted by Crippen LogP contribution is -2.71. The van der Waals surface area contributed by atoms with Gasteiger partial charge in [0.15, 0.2) is 16.9 Å². The number of β-lactam (4-membered cyclic amide) rings is 1. The van der Waals surface area contributed by atoms with Crippen molar-refractivity contribution in [1.82, 2.24) is 15.2 Å². The monoisotopic (exact) mass is 919 g/mol. The van der Waals surface area contributed by atoms with Crippen LogP contribution in [0.15, 0.2) is 184 Å². The van der Waals surface area contributed by atoms with Crippen molar-refractivity contribution in [2.75, 3.05) is 30.5 Å². The summed E-state index contributed by atoms with van der Waals surface area (Å²) in [6.07, 6.45) is 0.931. The van der Waals surface area contributed by atoms with Crippen molar-refractivity contribution < 1.29 is 33.5 Å². The average Bonchev–Trinajstić information content (AvgIpc) is 4.01. The number of cyclic esters (lactones) is 1. The van der Waals surface area contributed by atoms with Gasteiger partial charge in [-0.3, -0.25) is 14.5 Å². The van der Waals surface area contributed by atoms with Crippen LogP contribution < -0.4 is 10.6 Å². The number of oxime groups is 1. The van der Waals surface area contributed by atoms with Gasteiger partial charge in [-0.05, 0) is 33.9 Å². The zero-order valence-corrected chi connectivity index (χ0v) is 37.3. The van der Waals surface area contributed by atoms with Crippen LogP contribution in [-0.2, 0) is 39.0 Å². The number of hydrogen-bond donors (Lipinski definition) is 2. The molecule has 0 unspecified atom stereocenters. The standard InChI is InChI=1S/C50H41N5O7S3/c1-60-54-40(38-30-65-49(51-38)53-50(35-21-11-4-12-22-35,36-23-13-5-14-24-36)37-25-15-6-16-26-37)44(56)52-41-45(57)55-42(39(31-64-46(41)55)63-29-34-27-28-61-47(34)58)48(59)62-43(32-17-7-2-8-18-32)33-19-9-3-10-20-33/h2-27,30,41,43,46H,28-29,31H2,1H3,(H,51,53)(H,52,56)/b54-40+/t41-,46-/m1/s1. The summed E-state index contributed by atoms with van der Waals surface area (Å²) in [5.41, 5.74) is 4.19. The molecule has 0 bridgehead atoms. The van der Waals surface area contributed by atoms with E-state index in [0.717, 1.165) is 27.8 Å². The highest BCUT2D eigenvalue weighted by molar-refractivity contribution is 8.06. The first-order valence-corrected chi connectivity index (χ1v) is 23.6. The summed E-state index contributed by atoms with van der Waals surface area (Å²) in [6, 6.07) is 47.9. The van der Waals surface area contributed by atoms with E-state index in [0.29, 0.717) is 21.4 Å². The highest BCUT2D eigenvalue weighted by Crippen LogP contribution is 2.45. The van der Waals surface area contributed by atoms with Gasteiger partial charge in [-0.2, -0.15) is 0 Å². The number of esters is 2. The molecule has 1 aromatic heterocycles. The van der Waals surface area contributed by atoms with Crippen molar-refractivity contribution in [3.8, 4) is 0 Å². The molecule has 6 aromatic rings. The third-order valence-electron chi connectivity index (χ3n) is 11.1. The summed E-state index contributed by atoms with van der Waals surface area (Å²) in [7, 11) is 1.33. The fourth-order valence-electron chi connectivity index (χ4n) is 8.00. The number of nitrogens with zero attached hydrogens (tertiary/aromatic N) is 3. The molecule has 65 heavy (non-hydrogen) atoms. The summed E-state index contributed by atoms with van der Waals surface area (Å²) in [5.74, 6) is -1.77. The third-order valence-corrected chi connectivity index (χ3v) is 14.5. The van der Waals surface area contributed by atoms with E-state index in [4.69, 9.17) is 19.3 Å². The molecule has 0 saturated carbocycles. The van der Waals surface area contributed by atoms with Crippen molar-refractivity contribution in [1.29, 1.82) is 0 Å². The van der Waals surface area contributed by atoms with Gasteiger partial charge < -0.3 is 24.9 Å². The van der Waals surface area contributed by atoms with Gasteiger partial charge in [0.05, 0.1) is 0 Å². The highest BCUT2D eigenvalue weighted by Gasteiger charge is 2.55. The van der Waals surface area contributed by atoms with Gasteiger partial charge in [-0.15, -0.1) is 34.9 Å². The van der Waals surface area contributed by atoms with Crippen LogP contribution in [0.3, 0.4) is 0 Å². The quantitative estimate of drug-likeness (QED) is 0.0320. The second-order valence-corrected chi connectivity index (χ2v) is 18.0. The van der Waals surface area contributed by atoms with Crippen molar-refractivity contribution in [3.63, 3.8) is 0 Å². The summed E-state index contributed by atoms with van der Waals surface area (Å²) < 4.78 is 11.4. The Kier molecular flexibility index (Phi) is 13.0. The van der Waals surface area contributed by atoms with Gasteiger partial charge in [0.2, 0.25) is 0 Å². The number of amides is 2. The Balaban J connectivity index is 0.980. The lowest BCUT2D eigenvalue weighted by Gasteiger charge is -2.49. The molecule has 3 aliphatic rings. The Morgan fingerprint density at radius 2 is 1.40 bits per heavy atom. The number of fused-ring (bicyclic) bond motifs is 1.